The van der Waals surface area contributed by atoms with E-state index < -0.39 is 5.97 Å². The molecule has 2 N–H and O–H groups in total. The number of carboxylic acid groups (broad SMARTS) is 1. The second kappa shape index (κ2) is 5.87. The van der Waals surface area contributed by atoms with Gasteiger partial charge in [-0.05, 0) is 37.1 Å². The number of nitrogens with one attached hydrogen (secondary N) is 1. The smallest absolute Gasteiger partial charge is 0.335 e. The number of aromatic carboxylic acids is 1. The molecule has 0 spiro atoms. The Bertz CT molecular complexity index is 345. The van der Waals surface area contributed by atoms with Gasteiger partial charge in [-0.2, -0.15) is 0 Å². The fourth-order valence-electron chi connectivity index (χ4n) is 1.99. The van der Waals surface area contributed by atoms with Gasteiger partial charge >= 0.3 is 5.97 Å². The second-order valence-corrected chi connectivity index (χ2v) is 3.93. The van der Waals surface area contributed by atoms with Crippen molar-refractivity contribution in [3.63, 3.8) is 0 Å². The van der Waals surface area contributed by atoms with E-state index >= 15 is 0 Å². The highest BCUT2D eigenvalue weighted by atomic mass is 35.5. The van der Waals surface area contributed by atoms with Crippen molar-refractivity contribution in [3.05, 3.63) is 35.4 Å². The summed E-state index contributed by atoms with van der Waals surface area (Å²) in [5.74, 6) is -0.863. The molecule has 4 heteroatoms. The van der Waals surface area contributed by atoms with Crippen LogP contribution in [0.1, 0.15) is 41.2 Å². The van der Waals surface area contributed by atoms with Crippen LogP contribution in [-0.2, 0) is 0 Å². The Kier molecular flexibility index (Phi) is 4.77. The number of carboxylic acids is 1. The molecule has 1 aromatic rings. The van der Waals surface area contributed by atoms with Gasteiger partial charge in [-0.15, -0.1) is 12.4 Å². The van der Waals surface area contributed by atoms with Gasteiger partial charge in [0, 0.05) is 6.04 Å². The molecule has 1 saturated heterocycles. The predicted molar refractivity (Wildman–Crippen MR) is 65.2 cm³/mol. The molecule has 1 atom stereocenters. The highest BCUT2D eigenvalue weighted by molar-refractivity contribution is 5.87. The summed E-state index contributed by atoms with van der Waals surface area (Å²) in [6, 6.07) is 7.57. The van der Waals surface area contributed by atoms with Crippen molar-refractivity contribution in [1.82, 2.24) is 5.32 Å². The van der Waals surface area contributed by atoms with Gasteiger partial charge < -0.3 is 10.4 Å². The van der Waals surface area contributed by atoms with Crippen LogP contribution in [0.5, 0.6) is 0 Å². The lowest BCUT2D eigenvalue weighted by Crippen LogP contribution is -2.26. The lowest BCUT2D eigenvalue weighted by Gasteiger charge is -2.23. The number of hydrogen-bond acceptors (Lipinski definition) is 2. The summed E-state index contributed by atoms with van der Waals surface area (Å²) in [6.45, 7) is 1.06. The Balaban J connectivity index is 0.00000128. The van der Waals surface area contributed by atoms with Crippen LogP contribution in [0.15, 0.2) is 24.3 Å². The quantitative estimate of drug-likeness (QED) is 0.837. The molecule has 1 aliphatic rings. The molecule has 0 aromatic heterocycles. The molecule has 0 aliphatic carbocycles. The molecule has 3 nitrogen and oxygen atoms in total. The summed E-state index contributed by atoms with van der Waals surface area (Å²) < 4.78 is 0. The van der Waals surface area contributed by atoms with E-state index in [-0.39, 0.29) is 12.4 Å². The lowest BCUT2D eigenvalue weighted by atomic mass is 9.97. The largest absolute Gasteiger partial charge is 0.478 e. The summed E-state index contributed by atoms with van der Waals surface area (Å²) in [5.41, 5.74) is 1.55. The molecule has 88 valence electrons. The molecule has 0 saturated carbocycles. The first-order valence-corrected chi connectivity index (χ1v) is 5.34. The molecule has 0 radical (unpaired) electrons. The number of piperidine rings is 1. The molecule has 1 aliphatic heterocycles. The van der Waals surface area contributed by atoms with E-state index in [1.807, 2.05) is 12.1 Å². The maximum absolute atomic E-state index is 10.7. The predicted octanol–water partition coefficient (Wildman–Crippen LogP) is 2.62. The van der Waals surface area contributed by atoms with E-state index in [1.54, 1.807) is 12.1 Å². The normalized spacial score (nSPS) is 19.9. The second-order valence-electron chi connectivity index (χ2n) is 3.93. The van der Waals surface area contributed by atoms with Gasteiger partial charge in [-0.1, -0.05) is 18.6 Å². The SMILES string of the molecule is Cl.O=C(O)c1ccc([C@@H]2CCCCN2)cc1. The first-order chi connectivity index (χ1) is 7.27. The maximum Gasteiger partial charge on any atom is 0.335 e. The van der Waals surface area contributed by atoms with Gasteiger partial charge in [-0.25, -0.2) is 4.79 Å². The third-order valence-electron chi connectivity index (χ3n) is 2.87. The number of hydrogen-bond donors (Lipinski definition) is 2. The van der Waals surface area contributed by atoms with Crippen LogP contribution >= 0.6 is 12.4 Å². The minimum atomic E-state index is -0.863. The first-order valence-electron chi connectivity index (χ1n) is 5.34. The monoisotopic (exact) mass is 241 g/mol. The highest BCUT2D eigenvalue weighted by Crippen LogP contribution is 2.22. The Morgan fingerprint density at radius 3 is 2.44 bits per heavy atom. The van der Waals surface area contributed by atoms with Gasteiger partial charge in [0.05, 0.1) is 5.56 Å². The van der Waals surface area contributed by atoms with E-state index in [0.29, 0.717) is 11.6 Å². The summed E-state index contributed by atoms with van der Waals surface area (Å²) in [7, 11) is 0. The van der Waals surface area contributed by atoms with Gasteiger partial charge in [0.15, 0.2) is 0 Å². The fourth-order valence-corrected chi connectivity index (χ4v) is 1.99. The summed E-state index contributed by atoms with van der Waals surface area (Å²) in [4.78, 5) is 10.7. The molecule has 2 rings (SSSR count). The molecule has 1 heterocycles. The van der Waals surface area contributed by atoms with E-state index in [1.165, 1.54) is 18.4 Å². The van der Waals surface area contributed by atoms with Crippen molar-refractivity contribution in [2.45, 2.75) is 25.3 Å². The third-order valence-corrected chi connectivity index (χ3v) is 2.87. The number of benzene rings is 1. The van der Waals surface area contributed by atoms with Gasteiger partial charge in [0.1, 0.15) is 0 Å². The van der Waals surface area contributed by atoms with Crippen molar-refractivity contribution in [2.24, 2.45) is 0 Å². The minimum Gasteiger partial charge on any atom is -0.478 e. The molecule has 1 fully saturated rings. The zero-order valence-electron chi connectivity index (χ0n) is 8.98. The molecule has 0 bridgehead atoms. The Morgan fingerprint density at radius 1 is 1.25 bits per heavy atom. The summed E-state index contributed by atoms with van der Waals surface area (Å²) >= 11 is 0. The average Bonchev–Trinajstić information content (AvgIpc) is 2.30. The Morgan fingerprint density at radius 2 is 1.94 bits per heavy atom. The van der Waals surface area contributed by atoms with Crippen LogP contribution < -0.4 is 5.32 Å². The minimum absolute atomic E-state index is 0. The van der Waals surface area contributed by atoms with Crippen LogP contribution in [0.3, 0.4) is 0 Å². The molecule has 1 aromatic carbocycles. The van der Waals surface area contributed by atoms with E-state index in [0.717, 1.165) is 13.0 Å². The van der Waals surface area contributed by atoms with Crippen LogP contribution in [-0.4, -0.2) is 17.6 Å². The van der Waals surface area contributed by atoms with Crippen LogP contribution in [0.4, 0.5) is 0 Å². The number of halogens is 1. The van der Waals surface area contributed by atoms with Gasteiger partial charge in [-0.3, -0.25) is 0 Å². The molecule has 0 amide bonds. The zero-order chi connectivity index (χ0) is 10.7. The molecular weight excluding hydrogens is 226 g/mol. The van der Waals surface area contributed by atoms with Crippen molar-refractivity contribution >= 4 is 18.4 Å². The van der Waals surface area contributed by atoms with Crippen LogP contribution in [0, 0.1) is 0 Å². The fraction of sp³-hybridized carbons (Fsp3) is 0.417. The average molecular weight is 242 g/mol. The first kappa shape index (κ1) is 13.0. The van der Waals surface area contributed by atoms with Gasteiger partial charge in [0.25, 0.3) is 0 Å². The zero-order valence-corrected chi connectivity index (χ0v) is 9.80. The maximum atomic E-state index is 10.7. The molecule has 0 unspecified atom stereocenters. The van der Waals surface area contributed by atoms with E-state index in [9.17, 15) is 4.79 Å². The molecular formula is C12H16ClNO2. The number of rotatable bonds is 2. The van der Waals surface area contributed by atoms with Crippen molar-refractivity contribution in [3.8, 4) is 0 Å². The van der Waals surface area contributed by atoms with E-state index in [4.69, 9.17) is 5.11 Å². The van der Waals surface area contributed by atoms with Crippen molar-refractivity contribution in [2.75, 3.05) is 6.54 Å². The third kappa shape index (κ3) is 2.97. The summed E-state index contributed by atoms with van der Waals surface area (Å²) in [6.07, 6.45) is 3.63. The number of carbonyl (C=O) groups is 1. The molecule has 16 heavy (non-hydrogen) atoms. The summed E-state index contributed by atoms with van der Waals surface area (Å²) in [5, 5.41) is 12.2. The van der Waals surface area contributed by atoms with Gasteiger partial charge in [0.2, 0.25) is 0 Å². The lowest BCUT2D eigenvalue weighted by molar-refractivity contribution is 0.0697. The van der Waals surface area contributed by atoms with E-state index in [2.05, 4.69) is 5.32 Å². The van der Waals surface area contributed by atoms with Crippen LogP contribution in [0.2, 0.25) is 0 Å². The van der Waals surface area contributed by atoms with Crippen LogP contribution in [0.25, 0.3) is 0 Å². The van der Waals surface area contributed by atoms with Crippen molar-refractivity contribution < 1.29 is 9.90 Å². The Hall–Kier alpha value is -1.06. The van der Waals surface area contributed by atoms with Crippen molar-refractivity contribution in [1.29, 1.82) is 0 Å². The Labute approximate surface area is 101 Å². The topological polar surface area (TPSA) is 49.3 Å². The standard InChI is InChI=1S/C12H15NO2.ClH/c14-12(15)10-6-4-9(5-7-10)11-3-1-2-8-13-11;/h4-7,11,13H,1-3,8H2,(H,14,15);1H/t11-;/m0./s1. The highest BCUT2D eigenvalue weighted by Gasteiger charge is 2.14.